The first kappa shape index (κ1) is 14.9. The summed E-state index contributed by atoms with van der Waals surface area (Å²) in [7, 11) is 0. The van der Waals surface area contributed by atoms with Gasteiger partial charge in [-0.3, -0.25) is 4.79 Å². The number of anilines is 1. The summed E-state index contributed by atoms with van der Waals surface area (Å²) < 4.78 is 0. The third-order valence-electron chi connectivity index (χ3n) is 4.35. The number of rotatable bonds is 4. The molecule has 0 saturated heterocycles. The van der Waals surface area contributed by atoms with E-state index < -0.39 is 5.60 Å². The molecule has 1 aromatic rings. The molecule has 3 rings (SSSR count). The van der Waals surface area contributed by atoms with Crippen LogP contribution < -0.4 is 10.2 Å². The molecule has 1 aromatic carbocycles. The van der Waals surface area contributed by atoms with Crippen molar-refractivity contribution >= 4 is 17.3 Å². The Kier molecular flexibility index (Phi) is 4.05. The molecule has 0 aromatic heterocycles. The predicted octanol–water partition coefficient (Wildman–Crippen LogP) is 2.11. The van der Waals surface area contributed by atoms with E-state index in [4.69, 9.17) is 4.84 Å². The Hall–Kier alpha value is -2.04. The summed E-state index contributed by atoms with van der Waals surface area (Å²) in [5, 5.41) is 6.87. The highest BCUT2D eigenvalue weighted by Gasteiger charge is 2.40. The van der Waals surface area contributed by atoms with E-state index in [1.165, 1.54) is 17.7 Å². The Balaban J connectivity index is 1.53. The van der Waals surface area contributed by atoms with E-state index in [2.05, 4.69) is 39.6 Å². The van der Waals surface area contributed by atoms with Crippen molar-refractivity contribution in [2.75, 3.05) is 24.5 Å². The first-order valence-corrected chi connectivity index (χ1v) is 7.91. The molecule has 0 radical (unpaired) electrons. The van der Waals surface area contributed by atoms with Crippen LogP contribution in [-0.2, 0) is 16.1 Å². The maximum atomic E-state index is 12.3. The minimum Gasteiger partial charge on any atom is -0.379 e. The molecular weight excluding hydrogens is 278 g/mol. The topological polar surface area (TPSA) is 53.9 Å². The monoisotopic (exact) mass is 301 g/mol. The van der Waals surface area contributed by atoms with E-state index in [1.54, 1.807) is 6.92 Å². The van der Waals surface area contributed by atoms with Gasteiger partial charge in [-0.15, -0.1) is 0 Å². The maximum absolute atomic E-state index is 12.3. The maximum Gasteiger partial charge on any atom is 0.267 e. The zero-order chi connectivity index (χ0) is 15.6. The molecule has 0 bridgehead atoms. The second-order valence-electron chi connectivity index (χ2n) is 6.30. The lowest BCUT2D eigenvalue weighted by Crippen LogP contribution is -2.47. The average Bonchev–Trinajstić information content (AvgIpc) is 2.88. The van der Waals surface area contributed by atoms with Crippen LogP contribution in [0.1, 0.15) is 32.3 Å². The van der Waals surface area contributed by atoms with Crippen molar-refractivity contribution in [1.29, 1.82) is 0 Å². The highest BCUT2D eigenvalue weighted by molar-refractivity contribution is 5.94. The van der Waals surface area contributed by atoms with Gasteiger partial charge in [-0.25, -0.2) is 0 Å². The standard InChI is InChI=1S/C17H23N3O2/c1-13-12-17(2,22-19-13)16(21)18-9-11-20-10-5-7-14-6-3-4-8-15(14)20/h3-4,6,8H,5,7,9-12H2,1-2H3,(H,18,21)/t17-/m0/s1. The van der Waals surface area contributed by atoms with Gasteiger partial charge < -0.3 is 15.1 Å². The molecule has 2 aliphatic rings. The van der Waals surface area contributed by atoms with Gasteiger partial charge in [0.05, 0.1) is 5.71 Å². The fourth-order valence-electron chi connectivity index (χ4n) is 3.19. The number of benzene rings is 1. The summed E-state index contributed by atoms with van der Waals surface area (Å²) >= 11 is 0. The summed E-state index contributed by atoms with van der Waals surface area (Å²) in [6, 6.07) is 8.51. The van der Waals surface area contributed by atoms with Gasteiger partial charge in [-0.1, -0.05) is 23.4 Å². The molecule has 22 heavy (non-hydrogen) atoms. The molecule has 1 atom stereocenters. The van der Waals surface area contributed by atoms with E-state index in [-0.39, 0.29) is 5.91 Å². The van der Waals surface area contributed by atoms with E-state index >= 15 is 0 Å². The van der Waals surface area contributed by atoms with E-state index in [0.717, 1.165) is 25.2 Å². The average molecular weight is 301 g/mol. The highest BCUT2D eigenvalue weighted by atomic mass is 16.7. The molecule has 0 aliphatic carbocycles. The van der Waals surface area contributed by atoms with Crippen molar-refractivity contribution < 1.29 is 9.63 Å². The van der Waals surface area contributed by atoms with Crippen LogP contribution in [-0.4, -0.2) is 36.9 Å². The Labute approximate surface area is 131 Å². The Bertz CT molecular complexity index is 599. The molecule has 0 unspecified atom stereocenters. The molecule has 118 valence electrons. The van der Waals surface area contributed by atoms with Gasteiger partial charge in [0.15, 0.2) is 0 Å². The third kappa shape index (κ3) is 2.93. The van der Waals surface area contributed by atoms with Crippen molar-refractivity contribution in [3.05, 3.63) is 29.8 Å². The van der Waals surface area contributed by atoms with Gasteiger partial charge in [0, 0.05) is 31.7 Å². The number of amides is 1. The summed E-state index contributed by atoms with van der Waals surface area (Å²) in [5.74, 6) is -0.0848. The summed E-state index contributed by atoms with van der Waals surface area (Å²) in [4.78, 5) is 19.9. The fraction of sp³-hybridized carbons (Fsp3) is 0.529. The van der Waals surface area contributed by atoms with Crippen molar-refractivity contribution in [2.45, 2.75) is 38.7 Å². The van der Waals surface area contributed by atoms with Crippen molar-refractivity contribution in [3.8, 4) is 0 Å². The predicted molar refractivity (Wildman–Crippen MR) is 87.2 cm³/mol. The lowest BCUT2D eigenvalue weighted by Gasteiger charge is -2.31. The number of carbonyl (C=O) groups is 1. The largest absolute Gasteiger partial charge is 0.379 e. The molecule has 0 saturated carbocycles. The van der Waals surface area contributed by atoms with Crippen LogP contribution in [0, 0.1) is 0 Å². The molecule has 0 fully saturated rings. The van der Waals surface area contributed by atoms with Crippen LogP contribution in [0.15, 0.2) is 29.4 Å². The Morgan fingerprint density at radius 1 is 1.45 bits per heavy atom. The lowest BCUT2D eigenvalue weighted by molar-refractivity contribution is -0.141. The van der Waals surface area contributed by atoms with E-state index in [1.807, 2.05) is 6.92 Å². The molecule has 1 amide bonds. The smallest absolute Gasteiger partial charge is 0.267 e. The molecule has 5 nitrogen and oxygen atoms in total. The highest BCUT2D eigenvalue weighted by Crippen LogP contribution is 2.26. The molecule has 5 heteroatoms. The summed E-state index contributed by atoms with van der Waals surface area (Å²) in [6.45, 7) is 6.15. The number of aryl methyl sites for hydroxylation is 1. The molecule has 2 heterocycles. The molecule has 1 N–H and O–H groups in total. The van der Waals surface area contributed by atoms with Crippen molar-refractivity contribution in [1.82, 2.24) is 5.32 Å². The number of para-hydroxylation sites is 1. The van der Waals surface area contributed by atoms with Gasteiger partial charge in [-0.05, 0) is 38.3 Å². The zero-order valence-corrected chi connectivity index (χ0v) is 13.3. The zero-order valence-electron chi connectivity index (χ0n) is 13.3. The van der Waals surface area contributed by atoms with Crippen LogP contribution in [0.4, 0.5) is 5.69 Å². The van der Waals surface area contributed by atoms with Crippen LogP contribution in [0.2, 0.25) is 0 Å². The first-order chi connectivity index (χ1) is 10.6. The van der Waals surface area contributed by atoms with E-state index in [9.17, 15) is 4.79 Å². The Morgan fingerprint density at radius 2 is 2.27 bits per heavy atom. The lowest BCUT2D eigenvalue weighted by atomic mass is 9.99. The number of carbonyl (C=O) groups excluding carboxylic acids is 1. The SMILES string of the molecule is CC1=NO[C@](C)(C(=O)NCCN2CCCc3ccccc32)C1. The third-order valence-corrected chi connectivity index (χ3v) is 4.35. The minimum absolute atomic E-state index is 0.0848. The normalized spacial score (nSPS) is 23.5. The van der Waals surface area contributed by atoms with Gasteiger partial charge in [0.1, 0.15) is 0 Å². The number of nitrogens with zero attached hydrogens (tertiary/aromatic N) is 2. The number of oxime groups is 1. The fourth-order valence-corrected chi connectivity index (χ4v) is 3.19. The number of hydrogen-bond donors (Lipinski definition) is 1. The van der Waals surface area contributed by atoms with Gasteiger partial charge in [0.25, 0.3) is 5.91 Å². The quantitative estimate of drug-likeness (QED) is 0.926. The molecular formula is C17H23N3O2. The first-order valence-electron chi connectivity index (χ1n) is 7.91. The summed E-state index contributed by atoms with van der Waals surface area (Å²) in [5.41, 5.74) is 2.72. The number of hydrogen-bond acceptors (Lipinski definition) is 4. The Morgan fingerprint density at radius 3 is 3.05 bits per heavy atom. The van der Waals surface area contributed by atoms with Crippen molar-refractivity contribution in [3.63, 3.8) is 0 Å². The van der Waals surface area contributed by atoms with Crippen LogP contribution >= 0.6 is 0 Å². The van der Waals surface area contributed by atoms with Gasteiger partial charge in [0.2, 0.25) is 5.60 Å². The molecule has 2 aliphatic heterocycles. The van der Waals surface area contributed by atoms with Gasteiger partial charge in [-0.2, -0.15) is 0 Å². The second-order valence-corrected chi connectivity index (χ2v) is 6.30. The molecule has 0 spiro atoms. The van der Waals surface area contributed by atoms with Crippen molar-refractivity contribution in [2.24, 2.45) is 5.16 Å². The van der Waals surface area contributed by atoms with E-state index in [0.29, 0.717) is 13.0 Å². The van der Waals surface area contributed by atoms with Gasteiger partial charge >= 0.3 is 0 Å². The minimum atomic E-state index is -0.843. The number of nitrogens with one attached hydrogen (secondary N) is 1. The van der Waals surface area contributed by atoms with Crippen LogP contribution in [0.5, 0.6) is 0 Å². The second kappa shape index (κ2) is 5.99. The van der Waals surface area contributed by atoms with Crippen LogP contribution in [0.3, 0.4) is 0 Å². The summed E-state index contributed by atoms with van der Waals surface area (Å²) in [6.07, 6.45) is 2.87. The van der Waals surface area contributed by atoms with Crippen LogP contribution in [0.25, 0.3) is 0 Å². The number of fused-ring (bicyclic) bond motifs is 1.